The number of methoxy groups -OCH3 is 1. The SMILES string of the molecule is [B]C(C=C(C)CCC)(OC)c1ccc2c(c1)-c1ccccc1-c1ccccc1N2C. The maximum Gasteiger partial charge on any atom is 0.126 e. The summed E-state index contributed by atoms with van der Waals surface area (Å²) in [5.41, 5.74) is 8.42. The Labute approximate surface area is 181 Å². The van der Waals surface area contributed by atoms with E-state index in [1.54, 1.807) is 7.11 Å². The molecule has 1 aliphatic heterocycles. The fourth-order valence-electron chi connectivity index (χ4n) is 4.46. The van der Waals surface area contributed by atoms with Crippen LogP contribution >= 0.6 is 0 Å². The maximum atomic E-state index is 6.75. The van der Waals surface area contributed by atoms with E-state index in [9.17, 15) is 0 Å². The van der Waals surface area contributed by atoms with Crippen molar-refractivity contribution in [3.8, 4) is 22.3 Å². The molecule has 1 heterocycles. The van der Waals surface area contributed by atoms with E-state index in [-0.39, 0.29) is 0 Å². The highest BCUT2D eigenvalue weighted by Gasteiger charge is 2.27. The van der Waals surface area contributed by atoms with Crippen molar-refractivity contribution < 1.29 is 4.74 Å². The zero-order valence-corrected chi connectivity index (χ0v) is 18.3. The van der Waals surface area contributed by atoms with Crippen molar-refractivity contribution >= 4 is 19.2 Å². The van der Waals surface area contributed by atoms with Gasteiger partial charge in [0.15, 0.2) is 0 Å². The molecule has 0 saturated heterocycles. The van der Waals surface area contributed by atoms with Crippen LogP contribution in [0.2, 0.25) is 0 Å². The van der Waals surface area contributed by atoms with Gasteiger partial charge in [0.05, 0.1) is 5.50 Å². The van der Waals surface area contributed by atoms with E-state index in [0.29, 0.717) is 0 Å². The second kappa shape index (κ2) is 8.16. The van der Waals surface area contributed by atoms with Crippen LogP contribution in [0, 0.1) is 0 Å². The van der Waals surface area contributed by atoms with Crippen molar-refractivity contribution in [3.05, 3.63) is 83.9 Å². The summed E-state index contributed by atoms with van der Waals surface area (Å²) >= 11 is 0. The standard InChI is InChI=1S/C27H28BNO/c1-5-10-19(2)18-27(28,30-4)20-15-16-26-24(17-20)22-12-7-6-11-21(22)23-13-8-9-14-25(23)29(26)3/h6-9,11-18H,5,10H2,1-4H3. The Morgan fingerprint density at radius 1 is 0.933 bits per heavy atom. The lowest BCUT2D eigenvalue weighted by Crippen LogP contribution is -2.27. The highest BCUT2D eigenvalue weighted by molar-refractivity contribution is 6.16. The average molecular weight is 393 g/mol. The molecule has 3 aromatic rings. The summed E-state index contributed by atoms with van der Waals surface area (Å²) in [7, 11) is 10.6. The molecule has 0 fully saturated rings. The number of nitrogens with zero attached hydrogens (tertiary/aromatic N) is 1. The molecule has 0 aromatic heterocycles. The molecule has 0 spiro atoms. The fourth-order valence-corrected chi connectivity index (χ4v) is 4.46. The lowest BCUT2D eigenvalue weighted by Gasteiger charge is -2.29. The molecular formula is C27H28BNO. The zero-order valence-electron chi connectivity index (χ0n) is 18.3. The lowest BCUT2D eigenvalue weighted by molar-refractivity contribution is 0.102. The van der Waals surface area contributed by atoms with Crippen molar-refractivity contribution in [2.45, 2.75) is 32.2 Å². The minimum absolute atomic E-state index is 0.952. The van der Waals surface area contributed by atoms with Gasteiger partial charge < -0.3 is 9.64 Å². The van der Waals surface area contributed by atoms with Crippen LogP contribution in [-0.4, -0.2) is 22.0 Å². The van der Waals surface area contributed by atoms with Crippen LogP contribution in [0.4, 0.5) is 11.4 Å². The Morgan fingerprint density at radius 3 is 2.20 bits per heavy atom. The van der Waals surface area contributed by atoms with Crippen LogP contribution < -0.4 is 4.90 Å². The second-order valence-electron chi connectivity index (χ2n) is 8.09. The minimum atomic E-state index is -0.957. The summed E-state index contributed by atoms with van der Waals surface area (Å²) in [6.45, 7) is 4.29. The largest absolute Gasteiger partial charge is 0.380 e. The van der Waals surface area contributed by atoms with Gasteiger partial charge in [-0.3, -0.25) is 0 Å². The van der Waals surface area contributed by atoms with Crippen LogP contribution in [0.5, 0.6) is 0 Å². The normalized spacial score (nSPS) is 14.9. The monoisotopic (exact) mass is 393 g/mol. The highest BCUT2D eigenvalue weighted by Crippen LogP contribution is 2.47. The molecule has 3 heteroatoms. The van der Waals surface area contributed by atoms with Gasteiger partial charge in [-0.15, -0.1) is 0 Å². The van der Waals surface area contributed by atoms with Gasteiger partial charge in [0, 0.05) is 36.7 Å². The highest BCUT2D eigenvalue weighted by atomic mass is 16.5. The van der Waals surface area contributed by atoms with Gasteiger partial charge in [-0.1, -0.05) is 73.5 Å². The Hall–Kier alpha value is -2.78. The zero-order chi connectivity index (χ0) is 21.3. The third-order valence-electron chi connectivity index (χ3n) is 6.02. The molecule has 0 aliphatic carbocycles. The molecule has 1 unspecified atom stereocenters. The van der Waals surface area contributed by atoms with Crippen LogP contribution in [0.25, 0.3) is 22.3 Å². The van der Waals surface area contributed by atoms with Gasteiger partial charge in [-0.25, -0.2) is 0 Å². The number of anilines is 2. The number of rotatable bonds is 5. The van der Waals surface area contributed by atoms with E-state index in [0.717, 1.165) is 29.7 Å². The molecule has 1 aliphatic rings. The van der Waals surface area contributed by atoms with Crippen LogP contribution in [0.15, 0.2) is 78.4 Å². The Morgan fingerprint density at radius 2 is 1.53 bits per heavy atom. The number of para-hydroxylation sites is 1. The van der Waals surface area contributed by atoms with E-state index >= 15 is 0 Å². The van der Waals surface area contributed by atoms with E-state index in [4.69, 9.17) is 12.6 Å². The van der Waals surface area contributed by atoms with Crippen LogP contribution in [-0.2, 0) is 10.2 Å². The topological polar surface area (TPSA) is 12.5 Å². The summed E-state index contributed by atoms with van der Waals surface area (Å²) < 4.78 is 5.83. The first kappa shape index (κ1) is 20.5. The molecule has 2 nitrogen and oxygen atoms in total. The van der Waals surface area contributed by atoms with Gasteiger partial charge in [0.1, 0.15) is 7.85 Å². The number of fused-ring (bicyclic) bond motifs is 5. The first-order valence-electron chi connectivity index (χ1n) is 10.6. The number of benzene rings is 3. The first-order chi connectivity index (χ1) is 14.5. The number of hydrogen-bond acceptors (Lipinski definition) is 2. The Balaban J connectivity index is 1.94. The quantitative estimate of drug-likeness (QED) is 0.349. The van der Waals surface area contributed by atoms with Gasteiger partial charge in [-0.2, -0.15) is 0 Å². The summed E-state index contributed by atoms with van der Waals surface area (Å²) in [5.74, 6) is 0. The average Bonchev–Trinajstić information content (AvgIpc) is 2.87. The fraction of sp³-hybridized carbons (Fsp3) is 0.259. The molecule has 1 atom stereocenters. The molecule has 2 radical (unpaired) electrons. The van der Waals surface area contributed by atoms with Gasteiger partial charge >= 0.3 is 0 Å². The Bertz CT molecular complexity index is 1100. The van der Waals surface area contributed by atoms with Crippen molar-refractivity contribution in [1.82, 2.24) is 0 Å². The maximum absolute atomic E-state index is 6.75. The number of allylic oxidation sites excluding steroid dienone is 1. The predicted octanol–water partition coefficient (Wildman–Crippen LogP) is 6.82. The van der Waals surface area contributed by atoms with Crippen molar-refractivity contribution in [1.29, 1.82) is 0 Å². The van der Waals surface area contributed by atoms with Crippen LogP contribution in [0.1, 0.15) is 32.3 Å². The molecule has 30 heavy (non-hydrogen) atoms. The molecule has 0 saturated carbocycles. The summed E-state index contributed by atoms with van der Waals surface area (Å²) in [4.78, 5) is 2.26. The molecule has 3 aromatic carbocycles. The summed E-state index contributed by atoms with van der Waals surface area (Å²) in [5, 5.41) is 0. The van der Waals surface area contributed by atoms with Gasteiger partial charge in [0.25, 0.3) is 0 Å². The lowest BCUT2D eigenvalue weighted by atomic mass is 9.73. The second-order valence-corrected chi connectivity index (χ2v) is 8.09. The summed E-state index contributed by atoms with van der Waals surface area (Å²) in [6.07, 6.45) is 4.15. The van der Waals surface area contributed by atoms with Crippen molar-refractivity contribution in [2.24, 2.45) is 0 Å². The third-order valence-corrected chi connectivity index (χ3v) is 6.02. The number of ether oxygens (including phenoxy) is 1. The smallest absolute Gasteiger partial charge is 0.126 e. The molecule has 0 bridgehead atoms. The van der Waals surface area contributed by atoms with Crippen LogP contribution in [0.3, 0.4) is 0 Å². The Kier molecular flexibility index (Phi) is 5.57. The molecule has 0 amide bonds. The van der Waals surface area contributed by atoms with Gasteiger partial charge in [-0.05, 0) is 48.2 Å². The minimum Gasteiger partial charge on any atom is -0.380 e. The third kappa shape index (κ3) is 3.48. The van der Waals surface area contributed by atoms with E-state index in [1.807, 2.05) is 0 Å². The van der Waals surface area contributed by atoms with E-state index in [2.05, 4.69) is 98.6 Å². The molecule has 4 rings (SSSR count). The van der Waals surface area contributed by atoms with Gasteiger partial charge in [0.2, 0.25) is 0 Å². The predicted molar refractivity (Wildman–Crippen MR) is 128 cm³/mol. The molecule has 0 N–H and O–H groups in total. The molecular weight excluding hydrogens is 365 g/mol. The molecule has 150 valence electrons. The van der Waals surface area contributed by atoms with E-state index in [1.165, 1.54) is 28.0 Å². The van der Waals surface area contributed by atoms with Crippen molar-refractivity contribution in [2.75, 3.05) is 19.1 Å². The van der Waals surface area contributed by atoms with E-state index < -0.39 is 5.50 Å². The van der Waals surface area contributed by atoms with Crippen molar-refractivity contribution in [3.63, 3.8) is 0 Å². The summed E-state index contributed by atoms with van der Waals surface area (Å²) in [6, 6.07) is 23.6. The number of hydrogen-bond donors (Lipinski definition) is 0. The first-order valence-corrected chi connectivity index (χ1v) is 10.6.